The highest BCUT2D eigenvalue weighted by atomic mass is 35.5. The number of anilines is 1. The molecule has 118 valence electrons. The molecule has 0 aliphatic heterocycles. The molecule has 0 radical (unpaired) electrons. The molecule has 21 heavy (non-hydrogen) atoms. The van der Waals surface area contributed by atoms with Gasteiger partial charge in [-0.1, -0.05) is 18.0 Å². The van der Waals surface area contributed by atoms with E-state index in [1.807, 2.05) is 0 Å². The molecular formula is C14H21ClN2O3S. The smallest absolute Gasteiger partial charge is 0.242 e. The fraction of sp³-hybridized carbons (Fsp3) is 0.571. The summed E-state index contributed by atoms with van der Waals surface area (Å²) in [4.78, 5) is 0.00538. The molecule has 1 aliphatic carbocycles. The van der Waals surface area contributed by atoms with Crippen LogP contribution in [0.25, 0.3) is 0 Å². The topological polar surface area (TPSA) is 92.4 Å². The van der Waals surface area contributed by atoms with Crippen LogP contribution in [0.3, 0.4) is 0 Å². The van der Waals surface area contributed by atoms with Gasteiger partial charge in [-0.05, 0) is 49.3 Å². The van der Waals surface area contributed by atoms with Gasteiger partial charge < -0.3 is 10.8 Å². The molecule has 1 fully saturated rings. The molecule has 1 saturated carbocycles. The molecule has 0 bridgehead atoms. The highest BCUT2D eigenvalue weighted by Gasteiger charge is 2.28. The molecule has 0 amide bonds. The third-order valence-corrected chi connectivity index (χ3v) is 6.08. The molecule has 1 aromatic rings. The van der Waals surface area contributed by atoms with E-state index in [1.165, 1.54) is 6.07 Å². The summed E-state index contributed by atoms with van der Waals surface area (Å²) in [6, 6.07) is 2.94. The Morgan fingerprint density at radius 3 is 2.71 bits per heavy atom. The minimum atomic E-state index is -3.69. The standard InChI is InChI=1S/C14H21ClN2O3S/c1-9-5-12(15)14(6-13(9)16)21(19,20)17-7-10-3-2-4-11(10)8-18/h5-6,10-11,17-18H,2-4,7-8,16H2,1H3. The highest BCUT2D eigenvalue weighted by Crippen LogP contribution is 2.31. The second-order valence-electron chi connectivity index (χ2n) is 5.62. The molecule has 0 heterocycles. The number of nitrogens with one attached hydrogen (secondary N) is 1. The van der Waals surface area contributed by atoms with Crippen molar-refractivity contribution in [2.24, 2.45) is 11.8 Å². The van der Waals surface area contributed by atoms with Gasteiger partial charge in [-0.2, -0.15) is 0 Å². The van der Waals surface area contributed by atoms with Gasteiger partial charge in [0.05, 0.1) is 5.02 Å². The van der Waals surface area contributed by atoms with Crippen LogP contribution in [-0.4, -0.2) is 26.7 Å². The summed E-state index contributed by atoms with van der Waals surface area (Å²) in [6.07, 6.45) is 2.90. The maximum absolute atomic E-state index is 12.4. The summed E-state index contributed by atoms with van der Waals surface area (Å²) in [5.41, 5.74) is 6.91. The van der Waals surface area contributed by atoms with E-state index in [4.69, 9.17) is 17.3 Å². The molecule has 2 unspecified atom stereocenters. The normalized spacial score (nSPS) is 22.6. The average molecular weight is 333 g/mol. The molecule has 4 N–H and O–H groups in total. The van der Waals surface area contributed by atoms with E-state index >= 15 is 0 Å². The molecule has 0 spiro atoms. The average Bonchev–Trinajstić information content (AvgIpc) is 2.88. The van der Waals surface area contributed by atoms with E-state index in [1.54, 1.807) is 13.0 Å². The lowest BCUT2D eigenvalue weighted by Gasteiger charge is -2.18. The quantitative estimate of drug-likeness (QED) is 0.718. The summed E-state index contributed by atoms with van der Waals surface area (Å²) in [6.45, 7) is 2.19. The van der Waals surface area contributed by atoms with Crippen LogP contribution in [0, 0.1) is 18.8 Å². The number of hydrogen-bond donors (Lipinski definition) is 3. The molecular weight excluding hydrogens is 312 g/mol. The van der Waals surface area contributed by atoms with Gasteiger partial charge in [0.25, 0.3) is 0 Å². The molecule has 2 rings (SSSR count). The Morgan fingerprint density at radius 1 is 1.38 bits per heavy atom. The van der Waals surface area contributed by atoms with Gasteiger partial charge in [0, 0.05) is 18.8 Å². The minimum absolute atomic E-state index is 0.00538. The van der Waals surface area contributed by atoms with Crippen molar-refractivity contribution in [3.05, 3.63) is 22.7 Å². The second kappa shape index (κ2) is 6.52. The molecule has 7 heteroatoms. The maximum Gasteiger partial charge on any atom is 0.242 e. The fourth-order valence-corrected chi connectivity index (χ4v) is 4.50. The number of hydrogen-bond acceptors (Lipinski definition) is 4. The number of nitrogen functional groups attached to an aromatic ring is 1. The summed E-state index contributed by atoms with van der Waals surface area (Å²) < 4.78 is 27.3. The predicted octanol–water partition coefficient (Wildman–Crippen LogP) is 1.92. The summed E-state index contributed by atoms with van der Waals surface area (Å²) >= 11 is 6.02. The molecule has 1 aromatic carbocycles. The monoisotopic (exact) mass is 332 g/mol. The lowest BCUT2D eigenvalue weighted by Crippen LogP contribution is -2.32. The predicted molar refractivity (Wildman–Crippen MR) is 83.7 cm³/mol. The maximum atomic E-state index is 12.4. The van der Waals surface area contributed by atoms with E-state index in [2.05, 4.69) is 4.72 Å². The van der Waals surface area contributed by atoms with Gasteiger partial charge in [-0.15, -0.1) is 0 Å². The first-order valence-corrected chi connectivity index (χ1v) is 8.87. The van der Waals surface area contributed by atoms with Crippen molar-refractivity contribution in [3.63, 3.8) is 0 Å². The third kappa shape index (κ3) is 3.69. The van der Waals surface area contributed by atoms with Crippen LogP contribution in [0.15, 0.2) is 17.0 Å². The largest absolute Gasteiger partial charge is 0.398 e. The Kier molecular flexibility index (Phi) is 5.14. The zero-order valence-corrected chi connectivity index (χ0v) is 13.5. The van der Waals surface area contributed by atoms with Gasteiger partial charge in [0.15, 0.2) is 0 Å². The van der Waals surface area contributed by atoms with Crippen LogP contribution < -0.4 is 10.5 Å². The van der Waals surface area contributed by atoms with Crippen LogP contribution in [0.5, 0.6) is 0 Å². The number of aliphatic hydroxyl groups excluding tert-OH is 1. The lowest BCUT2D eigenvalue weighted by atomic mass is 9.97. The molecule has 5 nitrogen and oxygen atoms in total. The van der Waals surface area contributed by atoms with Gasteiger partial charge >= 0.3 is 0 Å². The third-order valence-electron chi connectivity index (χ3n) is 4.20. The number of aliphatic hydroxyl groups is 1. The van der Waals surface area contributed by atoms with E-state index in [-0.39, 0.29) is 28.4 Å². The van der Waals surface area contributed by atoms with Gasteiger partial charge in [-0.25, -0.2) is 13.1 Å². The van der Waals surface area contributed by atoms with Crippen molar-refractivity contribution in [3.8, 4) is 0 Å². The molecule has 2 atom stereocenters. The number of aryl methyl sites for hydroxylation is 1. The van der Waals surface area contributed by atoms with Crippen molar-refractivity contribution in [2.45, 2.75) is 31.1 Å². The van der Waals surface area contributed by atoms with Crippen molar-refractivity contribution >= 4 is 27.3 Å². The first kappa shape index (κ1) is 16.5. The van der Waals surface area contributed by atoms with Crippen LogP contribution in [-0.2, 0) is 10.0 Å². The van der Waals surface area contributed by atoms with Crippen molar-refractivity contribution in [1.29, 1.82) is 0 Å². The Morgan fingerprint density at radius 2 is 2.05 bits per heavy atom. The number of halogens is 1. The van der Waals surface area contributed by atoms with E-state index in [0.29, 0.717) is 12.2 Å². The zero-order chi connectivity index (χ0) is 15.6. The van der Waals surface area contributed by atoms with Crippen molar-refractivity contribution in [2.75, 3.05) is 18.9 Å². The van der Waals surface area contributed by atoms with Crippen LogP contribution in [0.1, 0.15) is 24.8 Å². The highest BCUT2D eigenvalue weighted by molar-refractivity contribution is 7.89. The van der Waals surface area contributed by atoms with E-state index < -0.39 is 10.0 Å². The number of benzene rings is 1. The summed E-state index contributed by atoms with van der Waals surface area (Å²) in [5, 5.41) is 9.45. The minimum Gasteiger partial charge on any atom is -0.398 e. The van der Waals surface area contributed by atoms with Crippen LogP contribution in [0.2, 0.25) is 5.02 Å². The van der Waals surface area contributed by atoms with Gasteiger partial charge in [0.1, 0.15) is 4.90 Å². The zero-order valence-electron chi connectivity index (χ0n) is 12.0. The van der Waals surface area contributed by atoms with Crippen molar-refractivity contribution in [1.82, 2.24) is 4.72 Å². The Bertz CT molecular complexity index is 619. The molecule has 0 aromatic heterocycles. The lowest BCUT2D eigenvalue weighted by molar-refractivity contribution is 0.195. The van der Waals surface area contributed by atoms with Crippen LogP contribution >= 0.6 is 11.6 Å². The van der Waals surface area contributed by atoms with E-state index in [0.717, 1.165) is 24.8 Å². The first-order chi connectivity index (χ1) is 9.85. The first-order valence-electron chi connectivity index (χ1n) is 7.01. The van der Waals surface area contributed by atoms with Gasteiger partial charge in [-0.3, -0.25) is 0 Å². The Hall–Kier alpha value is -0.820. The van der Waals surface area contributed by atoms with Crippen molar-refractivity contribution < 1.29 is 13.5 Å². The summed E-state index contributed by atoms with van der Waals surface area (Å²) in [5.74, 6) is 0.345. The van der Waals surface area contributed by atoms with Crippen LogP contribution in [0.4, 0.5) is 5.69 Å². The second-order valence-corrected chi connectivity index (χ2v) is 7.77. The number of rotatable bonds is 5. The number of nitrogens with two attached hydrogens (primary N) is 1. The SMILES string of the molecule is Cc1cc(Cl)c(S(=O)(=O)NCC2CCCC2CO)cc1N. The molecule has 1 aliphatic rings. The summed E-state index contributed by atoms with van der Waals surface area (Å²) in [7, 11) is -3.69. The number of sulfonamides is 1. The molecule has 0 saturated heterocycles. The van der Waals surface area contributed by atoms with Gasteiger partial charge in [0.2, 0.25) is 10.0 Å². The fourth-order valence-electron chi connectivity index (χ4n) is 2.79. The van der Waals surface area contributed by atoms with E-state index in [9.17, 15) is 13.5 Å². The Labute approximate surface area is 130 Å². The Balaban J connectivity index is 2.14.